The van der Waals surface area contributed by atoms with Crippen LogP contribution in [0.1, 0.15) is 16.1 Å². The normalized spacial score (nSPS) is 11.3. The average Bonchev–Trinajstić information content (AvgIpc) is 2.40. The predicted molar refractivity (Wildman–Crippen MR) is 72.5 cm³/mol. The van der Waals surface area contributed by atoms with E-state index in [9.17, 15) is 18.0 Å². The van der Waals surface area contributed by atoms with Crippen LogP contribution in [0.3, 0.4) is 0 Å². The van der Waals surface area contributed by atoms with Crippen LogP contribution in [0.4, 0.5) is 18.9 Å². The monoisotopic (exact) mass is 312 g/mol. The molecule has 0 aliphatic heterocycles. The van der Waals surface area contributed by atoms with Gasteiger partial charge in [-0.05, 0) is 42.8 Å². The topological polar surface area (TPSA) is 85.4 Å². The van der Waals surface area contributed by atoms with Gasteiger partial charge in [-0.15, -0.1) is 13.2 Å². The lowest BCUT2D eigenvalue weighted by molar-refractivity contribution is -0.274. The summed E-state index contributed by atoms with van der Waals surface area (Å²) in [6, 6.07) is 6.50. The number of carbonyl (C=O) groups is 1. The number of ether oxygens (including phenoxy) is 1. The van der Waals surface area contributed by atoms with E-state index in [2.05, 4.69) is 9.72 Å². The van der Waals surface area contributed by atoms with E-state index in [1.807, 2.05) is 0 Å². The van der Waals surface area contributed by atoms with Gasteiger partial charge in [0.1, 0.15) is 5.75 Å². The van der Waals surface area contributed by atoms with Gasteiger partial charge in [0, 0.05) is 5.56 Å². The molecule has 0 aliphatic rings. The highest BCUT2D eigenvalue weighted by Crippen LogP contribution is 2.28. The van der Waals surface area contributed by atoms with E-state index in [1.165, 1.54) is 12.1 Å². The van der Waals surface area contributed by atoms with Crippen molar-refractivity contribution in [3.63, 3.8) is 0 Å². The molecular formula is C14H11F3N2O3. The number of carboxylic acids is 1. The van der Waals surface area contributed by atoms with Gasteiger partial charge in [0.05, 0.1) is 11.4 Å². The zero-order chi connectivity index (χ0) is 16.5. The Morgan fingerprint density at radius 1 is 1.27 bits per heavy atom. The molecule has 0 aliphatic carbocycles. The Kier molecular flexibility index (Phi) is 3.94. The van der Waals surface area contributed by atoms with E-state index in [1.54, 1.807) is 13.0 Å². The molecule has 8 heteroatoms. The van der Waals surface area contributed by atoms with Gasteiger partial charge in [0.25, 0.3) is 0 Å². The molecular weight excluding hydrogens is 301 g/mol. The van der Waals surface area contributed by atoms with Gasteiger partial charge in [0.2, 0.25) is 0 Å². The van der Waals surface area contributed by atoms with Crippen molar-refractivity contribution in [2.45, 2.75) is 13.3 Å². The van der Waals surface area contributed by atoms with Crippen LogP contribution in [0.25, 0.3) is 11.3 Å². The van der Waals surface area contributed by atoms with Gasteiger partial charge in [-0.25, -0.2) is 9.78 Å². The van der Waals surface area contributed by atoms with Crippen molar-refractivity contribution in [3.8, 4) is 17.0 Å². The maximum atomic E-state index is 12.1. The molecule has 0 amide bonds. The van der Waals surface area contributed by atoms with Gasteiger partial charge in [0.15, 0.2) is 5.69 Å². The summed E-state index contributed by atoms with van der Waals surface area (Å²) in [7, 11) is 0. The number of aromatic nitrogens is 1. The summed E-state index contributed by atoms with van der Waals surface area (Å²) in [5.41, 5.74) is 6.64. The van der Waals surface area contributed by atoms with E-state index in [-0.39, 0.29) is 17.1 Å². The molecule has 0 saturated carbocycles. The molecule has 0 fully saturated rings. The first-order chi connectivity index (χ1) is 10.2. The third kappa shape index (κ3) is 3.46. The third-order valence-electron chi connectivity index (χ3n) is 2.85. The largest absolute Gasteiger partial charge is 0.573 e. The number of hydrogen-bond acceptors (Lipinski definition) is 4. The second-order valence-electron chi connectivity index (χ2n) is 4.46. The number of benzene rings is 1. The Morgan fingerprint density at radius 2 is 1.86 bits per heavy atom. The summed E-state index contributed by atoms with van der Waals surface area (Å²) < 4.78 is 40.0. The van der Waals surface area contributed by atoms with Crippen LogP contribution in [0.15, 0.2) is 30.3 Å². The number of halogens is 3. The Morgan fingerprint density at radius 3 is 2.36 bits per heavy atom. The lowest BCUT2D eigenvalue weighted by Gasteiger charge is -2.10. The fraction of sp³-hybridized carbons (Fsp3) is 0.143. The van der Waals surface area contributed by atoms with E-state index < -0.39 is 12.3 Å². The molecule has 0 bridgehead atoms. The maximum Gasteiger partial charge on any atom is 0.573 e. The molecule has 2 rings (SSSR count). The van der Waals surface area contributed by atoms with Gasteiger partial charge in [-0.2, -0.15) is 0 Å². The minimum Gasteiger partial charge on any atom is -0.476 e. The summed E-state index contributed by atoms with van der Waals surface area (Å²) in [5, 5.41) is 9.05. The minimum absolute atomic E-state index is 0.0493. The number of pyridine rings is 1. The highest BCUT2D eigenvalue weighted by atomic mass is 19.4. The fourth-order valence-corrected chi connectivity index (χ4v) is 1.82. The number of nitrogens with zero attached hydrogens (tertiary/aromatic N) is 1. The van der Waals surface area contributed by atoms with Gasteiger partial charge < -0.3 is 15.6 Å². The van der Waals surface area contributed by atoms with E-state index in [0.717, 1.165) is 12.1 Å². The number of aryl methyl sites for hydroxylation is 1. The van der Waals surface area contributed by atoms with Crippen molar-refractivity contribution in [3.05, 3.63) is 41.6 Å². The molecule has 1 aromatic heterocycles. The second kappa shape index (κ2) is 5.55. The number of alkyl halides is 3. The first-order valence-corrected chi connectivity index (χ1v) is 6.04. The zero-order valence-electron chi connectivity index (χ0n) is 11.3. The van der Waals surface area contributed by atoms with Crippen LogP contribution in [0, 0.1) is 6.92 Å². The van der Waals surface area contributed by atoms with Gasteiger partial charge >= 0.3 is 12.3 Å². The molecule has 5 nitrogen and oxygen atoms in total. The first kappa shape index (κ1) is 15.6. The number of nitrogen functional groups attached to an aromatic ring is 1. The molecule has 2 aromatic rings. The molecule has 0 atom stereocenters. The van der Waals surface area contributed by atoms with Crippen molar-refractivity contribution < 1.29 is 27.8 Å². The molecule has 0 spiro atoms. The Bertz CT molecular complexity index is 713. The summed E-state index contributed by atoms with van der Waals surface area (Å²) in [5.74, 6) is -1.65. The molecule has 0 unspecified atom stereocenters. The average molecular weight is 312 g/mol. The number of hydrogen-bond donors (Lipinski definition) is 2. The van der Waals surface area contributed by atoms with Crippen molar-refractivity contribution in [1.82, 2.24) is 4.98 Å². The number of anilines is 1. The van der Waals surface area contributed by atoms with E-state index >= 15 is 0 Å². The number of nitrogens with two attached hydrogens (primary N) is 1. The molecule has 1 aromatic carbocycles. The predicted octanol–water partition coefficient (Wildman–Crippen LogP) is 3.24. The highest BCUT2D eigenvalue weighted by molar-refractivity contribution is 5.93. The molecule has 3 N–H and O–H groups in total. The van der Waals surface area contributed by atoms with Crippen LogP contribution in [0.5, 0.6) is 5.75 Å². The summed E-state index contributed by atoms with van der Waals surface area (Å²) in [6.07, 6.45) is -4.77. The summed E-state index contributed by atoms with van der Waals surface area (Å²) in [6.45, 7) is 1.62. The third-order valence-corrected chi connectivity index (χ3v) is 2.85. The number of carboxylic acid groups (broad SMARTS) is 1. The first-order valence-electron chi connectivity index (χ1n) is 6.04. The van der Waals surface area contributed by atoms with Crippen LogP contribution < -0.4 is 10.5 Å². The Labute approximate surface area is 123 Å². The maximum absolute atomic E-state index is 12.1. The van der Waals surface area contributed by atoms with Crippen molar-refractivity contribution in [1.29, 1.82) is 0 Å². The van der Waals surface area contributed by atoms with E-state index in [0.29, 0.717) is 16.8 Å². The van der Waals surface area contributed by atoms with Crippen molar-refractivity contribution in [2.75, 3.05) is 5.73 Å². The lowest BCUT2D eigenvalue weighted by atomic mass is 10.1. The van der Waals surface area contributed by atoms with Crippen LogP contribution in [-0.4, -0.2) is 22.4 Å². The summed E-state index contributed by atoms with van der Waals surface area (Å²) >= 11 is 0. The van der Waals surface area contributed by atoms with E-state index in [4.69, 9.17) is 10.8 Å². The lowest BCUT2D eigenvalue weighted by Crippen LogP contribution is -2.16. The van der Waals surface area contributed by atoms with Crippen molar-refractivity contribution in [2.24, 2.45) is 0 Å². The highest BCUT2D eigenvalue weighted by Gasteiger charge is 2.31. The number of rotatable bonds is 3. The van der Waals surface area contributed by atoms with Crippen molar-refractivity contribution >= 4 is 11.7 Å². The molecule has 0 saturated heterocycles. The Hall–Kier alpha value is -2.77. The van der Waals surface area contributed by atoms with Gasteiger partial charge in [-0.3, -0.25) is 0 Å². The molecule has 1 heterocycles. The minimum atomic E-state index is -4.77. The molecule has 116 valence electrons. The van der Waals surface area contributed by atoms with Crippen LogP contribution in [0.2, 0.25) is 0 Å². The van der Waals surface area contributed by atoms with Gasteiger partial charge in [-0.1, -0.05) is 0 Å². The van der Waals surface area contributed by atoms with Crippen LogP contribution >= 0.6 is 0 Å². The fourth-order valence-electron chi connectivity index (χ4n) is 1.82. The number of aromatic carboxylic acids is 1. The van der Waals surface area contributed by atoms with Crippen LogP contribution in [-0.2, 0) is 0 Å². The SMILES string of the molecule is Cc1cc(-c2ccc(OC(F)(F)F)cc2)nc(C(=O)O)c1N. The standard InChI is InChI=1S/C14H11F3N2O3/c1-7-6-10(19-12(11(7)18)13(20)21)8-2-4-9(5-3-8)22-14(15,16)17/h2-6H,18H2,1H3,(H,20,21). The zero-order valence-corrected chi connectivity index (χ0v) is 11.3. The second-order valence-corrected chi connectivity index (χ2v) is 4.46. The molecule has 0 radical (unpaired) electrons. The smallest absolute Gasteiger partial charge is 0.476 e. The summed E-state index contributed by atoms with van der Waals surface area (Å²) in [4.78, 5) is 15.0. The Balaban J connectivity index is 2.38. The molecule has 22 heavy (non-hydrogen) atoms. The quantitative estimate of drug-likeness (QED) is 0.908.